The summed E-state index contributed by atoms with van der Waals surface area (Å²) in [4.78, 5) is 14.8. The predicted molar refractivity (Wildman–Crippen MR) is 132 cm³/mol. The number of anilines is 1. The van der Waals surface area contributed by atoms with E-state index in [1.807, 2.05) is 19.1 Å². The Morgan fingerprint density at radius 1 is 1.00 bits per heavy atom. The van der Waals surface area contributed by atoms with E-state index in [0.29, 0.717) is 12.3 Å². The van der Waals surface area contributed by atoms with Crippen molar-refractivity contribution in [2.24, 2.45) is 23.2 Å². The van der Waals surface area contributed by atoms with Crippen LogP contribution in [0.3, 0.4) is 0 Å². The van der Waals surface area contributed by atoms with Crippen LogP contribution in [0, 0.1) is 30.1 Å². The van der Waals surface area contributed by atoms with E-state index in [4.69, 9.17) is 5.10 Å². The molecule has 1 heterocycles. The number of nitrogens with zero attached hydrogens (tertiary/aromatic N) is 3. The number of nitrogens with one attached hydrogen (secondary N) is 1. The average molecular weight is 443 g/mol. The molecule has 1 aromatic heterocycles. The van der Waals surface area contributed by atoms with Crippen molar-refractivity contribution in [1.82, 2.24) is 15.0 Å². The smallest absolute Gasteiger partial charge is 0.224 e. The summed E-state index contributed by atoms with van der Waals surface area (Å²) in [5.41, 5.74) is 6.04. The summed E-state index contributed by atoms with van der Waals surface area (Å²) in [5, 5.41) is 12.6. The van der Waals surface area contributed by atoms with Gasteiger partial charge in [-0.15, -0.1) is 10.2 Å². The Morgan fingerprint density at radius 3 is 2.15 bits per heavy atom. The first-order chi connectivity index (χ1) is 15.9. The summed E-state index contributed by atoms with van der Waals surface area (Å²) in [6, 6.07) is 12.4. The molecule has 2 aromatic carbocycles. The molecule has 4 aliphatic rings. The normalized spacial score (nSPS) is 28.1. The van der Waals surface area contributed by atoms with E-state index in [2.05, 4.69) is 48.5 Å². The van der Waals surface area contributed by atoms with Gasteiger partial charge in [-0.3, -0.25) is 4.79 Å². The van der Waals surface area contributed by atoms with Gasteiger partial charge in [-0.25, -0.2) is 0 Å². The van der Waals surface area contributed by atoms with E-state index in [1.54, 1.807) is 4.80 Å². The summed E-state index contributed by atoms with van der Waals surface area (Å²) in [7, 11) is 0. The van der Waals surface area contributed by atoms with Gasteiger partial charge in [0, 0.05) is 12.1 Å². The Bertz CT molecular complexity index is 1170. The minimum absolute atomic E-state index is 0.163. The summed E-state index contributed by atoms with van der Waals surface area (Å²) < 4.78 is 0. The van der Waals surface area contributed by atoms with Crippen LogP contribution in [0.15, 0.2) is 36.4 Å². The monoisotopic (exact) mass is 442 g/mol. The van der Waals surface area contributed by atoms with E-state index in [0.717, 1.165) is 45.7 Å². The molecule has 4 aliphatic carbocycles. The maximum absolute atomic E-state index is 13.1. The molecule has 4 bridgehead atoms. The van der Waals surface area contributed by atoms with Gasteiger partial charge in [0.1, 0.15) is 11.0 Å². The molecular formula is C28H34N4O. The fraction of sp³-hybridized carbons (Fsp3) is 0.536. The van der Waals surface area contributed by atoms with Crippen molar-refractivity contribution in [3.05, 3.63) is 47.5 Å². The fourth-order valence-corrected chi connectivity index (χ4v) is 7.35. The third-order valence-electron chi connectivity index (χ3n) is 8.49. The highest BCUT2D eigenvalue weighted by molar-refractivity contribution is 5.94. The van der Waals surface area contributed by atoms with E-state index in [1.165, 1.54) is 44.1 Å². The van der Waals surface area contributed by atoms with Crippen LogP contribution < -0.4 is 5.32 Å². The van der Waals surface area contributed by atoms with Crippen molar-refractivity contribution in [3.63, 3.8) is 0 Å². The number of aromatic nitrogens is 3. The second kappa shape index (κ2) is 7.68. The molecule has 0 aliphatic heterocycles. The number of hydrogen-bond acceptors (Lipinski definition) is 3. The first kappa shape index (κ1) is 20.9. The van der Waals surface area contributed by atoms with Crippen LogP contribution in [-0.4, -0.2) is 20.9 Å². The molecule has 5 heteroatoms. The summed E-state index contributed by atoms with van der Waals surface area (Å²) in [5.74, 6) is 3.26. The van der Waals surface area contributed by atoms with Crippen molar-refractivity contribution in [2.45, 2.75) is 71.6 Å². The third kappa shape index (κ3) is 3.85. The molecule has 0 atom stereocenters. The highest BCUT2D eigenvalue weighted by Crippen LogP contribution is 2.61. The zero-order valence-corrected chi connectivity index (χ0v) is 20.0. The van der Waals surface area contributed by atoms with E-state index >= 15 is 0 Å². The number of benzene rings is 2. The quantitative estimate of drug-likeness (QED) is 0.497. The molecule has 0 saturated heterocycles. The molecule has 1 amide bonds. The number of carbonyl (C=O) groups is 1. The lowest BCUT2D eigenvalue weighted by molar-refractivity contribution is -0.124. The Balaban J connectivity index is 1.21. The second-order valence-electron chi connectivity index (χ2n) is 11.5. The van der Waals surface area contributed by atoms with Gasteiger partial charge in [0.2, 0.25) is 5.91 Å². The van der Waals surface area contributed by atoms with Crippen LogP contribution in [0.4, 0.5) is 5.69 Å². The molecule has 5 nitrogen and oxygen atoms in total. The van der Waals surface area contributed by atoms with Gasteiger partial charge in [-0.05, 0) is 110 Å². The summed E-state index contributed by atoms with van der Waals surface area (Å²) in [6.07, 6.45) is 8.67. The fourth-order valence-electron chi connectivity index (χ4n) is 7.35. The van der Waals surface area contributed by atoms with Crippen molar-refractivity contribution in [1.29, 1.82) is 0 Å². The maximum atomic E-state index is 13.1. The zero-order chi connectivity index (χ0) is 22.7. The number of carbonyl (C=O) groups excluding carboxylic acids is 1. The second-order valence-corrected chi connectivity index (χ2v) is 11.5. The van der Waals surface area contributed by atoms with Gasteiger partial charge in [0.15, 0.2) is 0 Å². The van der Waals surface area contributed by atoms with Crippen molar-refractivity contribution >= 4 is 22.6 Å². The van der Waals surface area contributed by atoms with Crippen LogP contribution in [0.25, 0.3) is 16.7 Å². The molecule has 4 saturated carbocycles. The average Bonchev–Trinajstić information content (AvgIpc) is 3.15. The van der Waals surface area contributed by atoms with Crippen LogP contribution in [0.1, 0.15) is 75.8 Å². The highest BCUT2D eigenvalue weighted by Gasteiger charge is 2.51. The molecule has 33 heavy (non-hydrogen) atoms. The molecule has 7 rings (SSSR count). The lowest BCUT2D eigenvalue weighted by Crippen LogP contribution is -2.47. The number of aryl methyl sites for hydroxylation is 1. The topological polar surface area (TPSA) is 59.8 Å². The Kier molecular flexibility index (Phi) is 4.86. The molecule has 4 fully saturated rings. The van der Waals surface area contributed by atoms with Crippen molar-refractivity contribution in [2.75, 3.05) is 5.32 Å². The standard InChI is InChI=1S/C28H34N4O/c1-17(2)22-4-6-23(7-5-22)32-30-25-8-18(3)24(12-26(25)31-32)29-27(33)16-28-13-19-9-20(14-28)11-21(10-19)15-28/h4-8,12,17,19-21H,9-11,13-16H2,1-3H3,(H,29,33). The number of fused-ring (bicyclic) bond motifs is 1. The SMILES string of the molecule is Cc1cc2nn(-c3ccc(C(C)C)cc3)nc2cc1NC(=O)CC12CC3CC(CC(C3)C1)C2. The summed E-state index contributed by atoms with van der Waals surface area (Å²) in [6.45, 7) is 6.42. The first-order valence-corrected chi connectivity index (χ1v) is 12.6. The van der Waals surface area contributed by atoms with Crippen molar-refractivity contribution < 1.29 is 4.79 Å². The predicted octanol–water partition coefficient (Wildman–Crippen LogP) is 6.40. The number of amides is 1. The van der Waals surface area contributed by atoms with E-state index < -0.39 is 0 Å². The molecular weight excluding hydrogens is 408 g/mol. The van der Waals surface area contributed by atoms with Gasteiger partial charge in [0.05, 0.1) is 5.69 Å². The molecule has 1 N–H and O–H groups in total. The zero-order valence-electron chi connectivity index (χ0n) is 20.0. The van der Waals surface area contributed by atoms with Crippen LogP contribution >= 0.6 is 0 Å². The lowest BCUT2D eigenvalue weighted by atomic mass is 9.49. The van der Waals surface area contributed by atoms with Crippen LogP contribution in [0.2, 0.25) is 0 Å². The van der Waals surface area contributed by atoms with E-state index in [-0.39, 0.29) is 11.3 Å². The minimum atomic E-state index is 0.163. The lowest BCUT2D eigenvalue weighted by Gasteiger charge is -2.56. The van der Waals surface area contributed by atoms with Gasteiger partial charge < -0.3 is 5.32 Å². The van der Waals surface area contributed by atoms with Crippen molar-refractivity contribution in [3.8, 4) is 5.69 Å². The van der Waals surface area contributed by atoms with E-state index in [9.17, 15) is 4.79 Å². The summed E-state index contributed by atoms with van der Waals surface area (Å²) >= 11 is 0. The number of hydrogen-bond donors (Lipinski definition) is 1. The Labute approximate surface area is 195 Å². The Hall–Kier alpha value is -2.69. The molecule has 0 unspecified atom stereocenters. The van der Waals surface area contributed by atoms with Crippen LogP contribution in [0.5, 0.6) is 0 Å². The molecule has 0 radical (unpaired) electrons. The largest absolute Gasteiger partial charge is 0.326 e. The number of rotatable bonds is 5. The molecule has 0 spiro atoms. The first-order valence-electron chi connectivity index (χ1n) is 12.6. The Morgan fingerprint density at radius 2 is 1.58 bits per heavy atom. The van der Waals surface area contributed by atoms with Gasteiger partial charge in [-0.2, -0.15) is 4.80 Å². The molecule has 3 aromatic rings. The maximum Gasteiger partial charge on any atom is 0.224 e. The van der Waals surface area contributed by atoms with Gasteiger partial charge in [-0.1, -0.05) is 26.0 Å². The minimum Gasteiger partial charge on any atom is -0.326 e. The highest BCUT2D eigenvalue weighted by atomic mass is 16.1. The van der Waals surface area contributed by atoms with Gasteiger partial charge in [0.25, 0.3) is 0 Å². The van der Waals surface area contributed by atoms with Gasteiger partial charge >= 0.3 is 0 Å². The van der Waals surface area contributed by atoms with Crippen LogP contribution in [-0.2, 0) is 4.79 Å². The molecule has 172 valence electrons. The third-order valence-corrected chi connectivity index (χ3v) is 8.49.